The average molecular weight is 282 g/mol. The molecule has 0 saturated heterocycles. The predicted octanol–water partition coefficient (Wildman–Crippen LogP) is 0.952. The number of methoxy groups -OCH3 is 1. The Morgan fingerprint density at radius 2 is 1.85 bits per heavy atom. The van der Waals surface area contributed by atoms with Gasteiger partial charge in [-0.3, -0.25) is 9.59 Å². The van der Waals surface area contributed by atoms with E-state index in [0.29, 0.717) is 23.9 Å². The van der Waals surface area contributed by atoms with Gasteiger partial charge in [-0.2, -0.15) is 9.78 Å². The van der Waals surface area contributed by atoms with Gasteiger partial charge in [-0.05, 0) is 25.8 Å². The van der Waals surface area contributed by atoms with E-state index < -0.39 is 0 Å². The number of carbonyl (C=O) groups excluding carboxylic acids is 2. The zero-order chi connectivity index (χ0) is 15.5. The summed E-state index contributed by atoms with van der Waals surface area (Å²) < 4.78 is 6.64. The predicted molar refractivity (Wildman–Crippen MR) is 75.6 cm³/mol. The average Bonchev–Trinajstić information content (AvgIpc) is 2.60. The van der Waals surface area contributed by atoms with E-state index in [2.05, 4.69) is 9.84 Å². The fraction of sp³-hybridized carbons (Fsp3) is 0.643. The molecule has 1 rings (SSSR count). The van der Waals surface area contributed by atoms with E-state index in [1.807, 2.05) is 35.0 Å². The quantitative estimate of drug-likeness (QED) is 0.596. The van der Waals surface area contributed by atoms with Crippen molar-refractivity contribution in [3.05, 3.63) is 17.0 Å². The number of hydrogen-bond acceptors (Lipinski definition) is 4. The zero-order valence-electron chi connectivity index (χ0n) is 13.2. The molecule has 0 amide bonds. The van der Waals surface area contributed by atoms with Gasteiger partial charge in [0.15, 0.2) is 6.54 Å². The van der Waals surface area contributed by atoms with Crippen LogP contribution in [0, 0.1) is 13.8 Å². The fourth-order valence-electron chi connectivity index (χ4n) is 2.08. The van der Waals surface area contributed by atoms with Crippen molar-refractivity contribution < 1.29 is 18.8 Å². The third-order valence-corrected chi connectivity index (χ3v) is 3.09. The maximum Gasteiger partial charge on any atom is 0.305 e. The van der Waals surface area contributed by atoms with Crippen molar-refractivity contribution >= 4 is 11.9 Å². The number of ether oxygens (including phenoxy) is 1. The largest absolute Gasteiger partial charge is 0.469 e. The van der Waals surface area contributed by atoms with Crippen LogP contribution in [-0.4, -0.2) is 60.9 Å². The van der Waals surface area contributed by atoms with Crippen LogP contribution in [0.4, 0.5) is 0 Å². The maximum atomic E-state index is 12.2. The van der Waals surface area contributed by atoms with Gasteiger partial charge in [0.05, 0.1) is 33.9 Å². The van der Waals surface area contributed by atoms with Crippen LogP contribution in [0.15, 0.2) is 0 Å². The number of hydrogen-bond donors (Lipinski definition) is 0. The molecule has 1 aromatic heterocycles. The van der Waals surface area contributed by atoms with Crippen LogP contribution in [0.5, 0.6) is 0 Å². The molecule has 0 aliphatic rings. The van der Waals surface area contributed by atoms with Crippen molar-refractivity contribution in [3.63, 3.8) is 0 Å². The van der Waals surface area contributed by atoms with E-state index in [1.54, 1.807) is 0 Å². The molecule has 1 aromatic rings. The summed E-state index contributed by atoms with van der Waals surface area (Å²) in [6, 6.07) is 0. The molecule has 6 nitrogen and oxygen atoms in total. The number of carbonyl (C=O) groups is 2. The molecular formula is C14H24N3O3+. The summed E-state index contributed by atoms with van der Waals surface area (Å²) >= 11 is 0. The minimum absolute atomic E-state index is 0.0394. The number of nitrogens with zero attached hydrogens (tertiary/aromatic N) is 3. The highest BCUT2D eigenvalue weighted by atomic mass is 16.5. The third kappa shape index (κ3) is 4.16. The van der Waals surface area contributed by atoms with E-state index in [4.69, 9.17) is 0 Å². The van der Waals surface area contributed by atoms with Gasteiger partial charge in [-0.25, -0.2) is 0 Å². The van der Waals surface area contributed by atoms with E-state index in [9.17, 15) is 9.59 Å². The Hall–Kier alpha value is -1.69. The molecule has 0 aliphatic heterocycles. The van der Waals surface area contributed by atoms with E-state index in [0.717, 1.165) is 17.0 Å². The Balaban J connectivity index is 2.91. The van der Waals surface area contributed by atoms with Crippen molar-refractivity contribution in [2.75, 3.05) is 34.8 Å². The Labute approximate surface area is 119 Å². The first kappa shape index (κ1) is 16.4. The minimum Gasteiger partial charge on any atom is -0.469 e. The maximum absolute atomic E-state index is 12.2. The Kier molecular flexibility index (Phi) is 5.05. The van der Waals surface area contributed by atoms with E-state index in [-0.39, 0.29) is 11.9 Å². The van der Waals surface area contributed by atoms with Gasteiger partial charge >= 0.3 is 11.9 Å². The first-order valence-electron chi connectivity index (χ1n) is 6.61. The molecule has 0 radical (unpaired) electrons. The van der Waals surface area contributed by atoms with E-state index in [1.165, 1.54) is 11.8 Å². The minimum atomic E-state index is -0.255. The monoisotopic (exact) mass is 282 g/mol. The molecule has 0 spiro atoms. The molecule has 0 unspecified atom stereocenters. The molecule has 0 aromatic carbocycles. The van der Waals surface area contributed by atoms with Crippen LogP contribution < -0.4 is 0 Å². The molecular weight excluding hydrogens is 258 g/mol. The Morgan fingerprint density at radius 3 is 2.35 bits per heavy atom. The van der Waals surface area contributed by atoms with Gasteiger partial charge in [0.2, 0.25) is 0 Å². The van der Waals surface area contributed by atoms with Crippen LogP contribution >= 0.6 is 0 Å². The lowest BCUT2D eigenvalue weighted by Crippen LogP contribution is -2.41. The molecule has 0 saturated carbocycles. The first-order chi connectivity index (χ1) is 9.15. The number of quaternary nitrogens is 1. The third-order valence-electron chi connectivity index (χ3n) is 3.09. The van der Waals surface area contributed by atoms with Gasteiger partial charge in [0, 0.05) is 12.1 Å². The molecule has 1 heterocycles. The molecule has 0 bridgehead atoms. The summed E-state index contributed by atoms with van der Waals surface area (Å²) in [4.78, 5) is 23.5. The lowest BCUT2D eigenvalue weighted by molar-refractivity contribution is -0.861. The summed E-state index contributed by atoms with van der Waals surface area (Å²) in [5.41, 5.74) is 2.55. The molecule has 20 heavy (non-hydrogen) atoms. The van der Waals surface area contributed by atoms with Gasteiger partial charge in [0.25, 0.3) is 0 Å². The highest BCUT2D eigenvalue weighted by Crippen LogP contribution is 2.15. The summed E-state index contributed by atoms with van der Waals surface area (Å²) in [6.07, 6.45) is 0.843. The number of aromatic nitrogens is 2. The van der Waals surface area contributed by atoms with Crippen LogP contribution in [0.1, 0.15) is 28.2 Å². The second kappa shape index (κ2) is 6.17. The zero-order valence-corrected chi connectivity index (χ0v) is 13.2. The summed E-state index contributed by atoms with van der Waals surface area (Å²) in [5, 5.41) is 4.30. The summed E-state index contributed by atoms with van der Waals surface area (Å²) in [6.45, 7) is 4.09. The van der Waals surface area contributed by atoms with Crippen molar-refractivity contribution in [3.8, 4) is 0 Å². The summed E-state index contributed by atoms with van der Waals surface area (Å²) in [5.74, 6) is -0.295. The molecule has 0 N–H and O–H groups in total. The molecule has 112 valence electrons. The van der Waals surface area contributed by atoms with E-state index >= 15 is 0 Å². The smallest absolute Gasteiger partial charge is 0.305 e. The fourth-order valence-corrected chi connectivity index (χ4v) is 2.08. The Morgan fingerprint density at radius 1 is 1.25 bits per heavy atom. The SMILES string of the molecule is COC(=O)CCc1c(C)nn(C(=O)C[N+](C)(C)C)c1C. The first-order valence-corrected chi connectivity index (χ1v) is 6.61. The highest BCUT2D eigenvalue weighted by molar-refractivity contribution is 5.80. The van der Waals surface area contributed by atoms with Crippen LogP contribution in [0.2, 0.25) is 0 Å². The van der Waals surface area contributed by atoms with Crippen LogP contribution in [0.3, 0.4) is 0 Å². The van der Waals surface area contributed by atoms with Gasteiger partial charge in [-0.15, -0.1) is 0 Å². The number of likely N-dealkylation sites (N-methyl/N-ethyl adjacent to an activating group) is 1. The number of esters is 1. The number of aryl methyl sites for hydroxylation is 1. The van der Waals surface area contributed by atoms with Crippen LogP contribution in [-0.2, 0) is 16.0 Å². The molecule has 6 heteroatoms. The van der Waals surface area contributed by atoms with Crippen LogP contribution in [0.25, 0.3) is 0 Å². The van der Waals surface area contributed by atoms with Crippen molar-refractivity contribution in [1.82, 2.24) is 9.78 Å². The normalized spacial score (nSPS) is 11.5. The molecule has 0 aliphatic carbocycles. The second-order valence-electron chi connectivity index (χ2n) is 5.98. The lowest BCUT2D eigenvalue weighted by atomic mass is 10.1. The second-order valence-corrected chi connectivity index (χ2v) is 5.98. The standard InChI is InChI=1S/C14H24N3O3/c1-10-12(7-8-14(19)20-6)11(2)16(15-10)13(18)9-17(3,4)5/h7-9H2,1-6H3/q+1. The van der Waals surface area contributed by atoms with Crippen molar-refractivity contribution in [2.24, 2.45) is 0 Å². The molecule has 0 atom stereocenters. The van der Waals surface area contributed by atoms with Gasteiger partial charge in [0.1, 0.15) is 0 Å². The van der Waals surface area contributed by atoms with Gasteiger partial charge < -0.3 is 9.22 Å². The lowest BCUT2D eigenvalue weighted by Gasteiger charge is -2.22. The van der Waals surface area contributed by atoms with Crippen molar-refractivity contribution in [2.45, 2.75) is 26.7 Å². The highest BCUT2D eigenvalue weighted by Gasteiger charge is 2.21. The topological polar surface area (TPSA) is 61.2 Å². The number of rotatable bonds is 5. The van der Waals surface area contributed by atoms with Gasteiger partial charge in [-0.1, -0.05) is 0 Å². The molecule has 0 fully saturated rings. The van der Waals surface area contributed by atoms with Crippen molar-refractivity contribution in [1.29, 1.82) is 0 Å². The Bertz CT molecular complexity index is 512. The summed E-state index contributed by atoms with van der Waals surface area (Å²) in [7, 11) is 7.25.